The van der Waals surface area contributed by atoms with Gasteiger partial charge in [-0.1, -0.05) is 19.3 Å². The van der Waals surface area contributed by atoms with Crippen molar-refractivity contribution in [1.82, 2.24) is 5.32 Å². The quantitative estimate of drug-likeness (QED) is 0.786. The zero-order valence-electron chi connectivity index (χ0n) is 12.7. The molecule has 0 saturated heterocycles. The minimum atomic E-state index is -0.222. The molecule has 118 valence electrons. The van der Waals surface area contributed by atoms with E-state index in [1.807, 2.05) is 19.1 Å². The van der Waals surface area contributed by atoms with Crippen LogP contribution >= 0.6 is 0 Å². The van der Waals surface area contributed by atoms with E-state index in [2.05, 4.69) is 16.0 Å². The van der Waals surface area contributed by atoms with Gasteiger partial charge in [0.1, 0.15) is 0 Å². The maximum atomic E-state index is 12.2. The maximum Gasteiger partial charge on any atom is 0.319 e. The monoisotopic (exact) mass is 303 g/mol. The van der Waals surface area contributed by atoms with Gasteiger partial charge >= 0.3 is 6.03 Å². The van der Waals surface area contributed by atoms with Crippen LogP contribution in [0.25, 0.3) is 0 Å². The minimum absolute atomic E-state index is 0.0328. The van der Waals surface area contributed by atoms with E-state index in [-0.39, 0.29) is 24.6 Å². The molecule has 0 bridgehead atoms. The van der Waals surface area contributed by atoms with E-state index < -0.39 is 0 Å². The lowest BCUT2D eigenvalue weighted by Crippen LogP contribution is -2.39. The highest BCUT2D eigenvalue weighted by molar-refractivity contribution is 5.99. The van der Waals surface area contributed by atoms with Crippen LogP contribution < -0.4 is 20.7 Å². The number of carbonyl (C=O) groups excluding carboxylic acids is 2. The molecule has 1 aliphatic heterocycles. The summed E-state index contributed by atoms with van der Waals surface area (Å²) in [6.07, 6.45) is 5.65. The van der Waals surface area contributed by atoms with Crippen molar-refractivity contribution in [3.05, 3.63) is 17.7 Å². The van der Waals surface area contributed by atoms with Gasteiger partial charge in [0.2, 0.25) is 0 Å². The minimum Gasteiger partial charge on any atom is -0.479 e. The summed E-state index contributed by atoms with van der Waals surface area (Å²) in [5.74, 6) is 0.333. The van der Waals surface area contributed by atoms with Gasteiger partial charge in [0.05, 0.1) is 11.4 Å². The smallest absolute Gasteiger partial charge is 0.319 e. The Bertz CT molecular complexity index is 595. The van der Waals surface area contributed by atoms with E-state index in [0.29, 0.717) is 17.1 Å². The van der Waals surface area contributed by atoms with Crippen LogP contribution in [0.5, 0.6) is 5.75 Å². The number of anilines is 2. The van der Waals surface area contributed by atoms with Crippen molar-refractivity contribution < 1.29 is 14.3 Å². The van der Waals surface area contributed by atoms with Crippen molar-refractivity contribution in [3.8, 4) is 5.75 Å². The van der Waals surface area contributed by atoms with Gasteiger partial charge < -0.3 is 20.7 Å². The fraction of sp³-hybridized carbons (Fsp3) is 0.500. The lowest BCUT2D eigenvalue weighted by Gasteiger charge is -2.24. The van der Waals surface area contributed by atoms with Crippen LogP contribution in [-0.4, -0.2) is 24.6 Å². The molecule has 3 rings (SSSR count). The van der Waals surface area contributed by atoms with Crippen LogP contribution in [0, 0.1) is 6.92 Å². The molecule has 3 amide bonds. The van der Waals surface area contributed by atoms with Crippen molar-refractivity contribution in [3.63, 3.8) is 0 Å². The Morgan fingerprint density at radius 2 is 2.05 bits per heavy atom. The van der Waals surface area contributed by atoms with Gasteiger partial charge in [0.25, 0.3) is 5.91 Å². The summed E-state index contributed by atoms with van der Waals surface area (Å²) in [6, 6.07) is 3.70. The van der Waals surface area contributed by atoms with Crippen LogP contribution in [-0.2, 0) is 4.79 Å². The lowest BCUT2D eigenvalue weighted by molar-refractivity contribution is -0.118. The molecule has 1 aromatic rings. The second-order valence-electron chi connectivity index (χ2n) is 5.96. The Kier molecular flexibility index (Phi) is 4.18. The first-order valence-electron chi connectivity index (χ1n) is 7.76. The number of urea groups is 1. The van der Waals surface area contributed by atoms with Gasteiger partial charge in [-0.2, -0.15) is 0 Å². The van der Waals surface area contributed by atoms with Gasteiger partial charge in [0.15, 0.2) is 12.4 Å². The third-order valence-corrected chi connectivity index (χ3v) is 4.04. The lowest BCUT2D eigenvalue weighted by atomic mass is 9.96. The number of amides is 3. The first kappa shape index (κ1) is 14.7. The van der Waals surface area contributed by atoms with Gasteiger partial charge in [0, 0.05) is 6.04 Å². The van der Waals surface area contributed by atoms with Crippen molar-refractivity contribution in [2.75, 3.05) is 17.2 Å². The summed E-state index contributed by atoms with van der Waals surface area (Å²) >= 11 is 0. The number of rotatable bonds is 2. The molecule has 1 heterocycles. The Labute approximate surface area is 129 Å². The molecule has 22 heavy (non-hydrogen) atoms. The summed E-state index contributed by atoms with van der Waals surface area (Å²) in [5.41, 5.74) is 2.13. The fourth-order valence-electron chi connectivity index (χ4n) is 3.03. The number of fused-ring (bicyclic) bond motifs is 1. The Hall–Kier alpha value is -2.24. The Morgan fingerprint density at radius 3 is 2.82 bits per heavy atom. The van der Waals surface area contributed by atoms with Crippen molar-refractivity contribution >= 4 is 23.3 Å². The van der Waals surface area contributed by atoms with Crippen LogP contribution in [0.3, 0.4) is 0 Å². The summed E-state index contributed by atoms with van der Waals surface area (Å²) in [5, 5.41) is 8.62. The molecule has 0 unspecified atom stereocenters. The first-order valence-corrected chi connectivity index (χ1v) is 7.76. The third-order valence-electron chi connectivity index (χ3n) is 4.04. The van der Waals surface area contributed by atoms with Crippen molar-refractivity contribution in [2.24, 2.45) is 0 Å². The van der Waals surface area contributed by atoms with E-state index >= 15 is 0 Å². The molecular formula is C16H21N3O3. The van der Waals surface area contributed by atoms with Crippen molar-refractivity contribution in [2.45, 2.75) is 45.1 Å². The Balaban J connectivity index is 1.71. The number of nitrogens with one attached hydrogen (secondary N) is 3. The van der Waals surface area contributed by atoms with E-state index in [9.17, 15) is 9.59 Å². The van der Waals surface area contributed by atoms with Gasteiger partial charge in [-0.3, -0.25) is 4.79 Å². The zero-order valence-corrected chi connectivity index (χ0v) is 12.7. The van der Waals surface area contributed by atoms with Crippen molar-refractivity contribution in [1.29, 1.82) is 0 Å². The number of carbonyl (C=O) groups is 2. The third kappa shape index (κ3) is 3.32. The number of ether oxygens (including phenoxy) is 1. The van der Waals surface area contributed by atoms with Crippen LogP contribution in [0.15, 0.2) is 12.1 Å². The van der Waals surface area contributed by atoms with E-state index in [4.69, 9.17) is 4.74 Å². The molecule has 6 heteroatoms. The summed E-state index contributed by atoms with van der Waals surface area (Å²) in [7, 11) is 0. The molecule has 0 atom stereocenters. The molecule has 1 saturated carbocycles. The first-order chi connectivity index (χ1) is 10.6. The SMILES string of the molecule is Cc1cc2c(c(NC(=O)NC3CCCCC3)c1)OCC(=O)N2. The standard InChI is InChI=1S/C16H21N3O3/c1-10-7-12-15(22-9-14(20)18-12)13(8-10)19-16(21)17-11-5-3-2-4-6-11/h7-8,11H,2-6,9H2,1H3,(H,18,20)(H2,17,19,21). The topological polar surface area (TPSA) is 79.5 Å². The predicted octanol–water partition coefficient (Wildman–Crippen LogP) is 2.78. The summed E-state index contributed by atoms with van der Waals surface area (Å²) < 4.78 is 5.46. The highest BCUT2D eigenvalue weighted by Crippen LogP contribution is 2.36. The molecule has 3 N–H and O–H groups in total. The second-order valence-corrected chi connectivity index (χ2v) is 5.96. The van der Waals surface area contributed by atoms with Gasteiger partial charge in [-0.25, -0.2) is 4.79 Å². The fourth-order valence-corrected chi connectivity index (χ4v) is 3.03. The van der Waals surface area contributed by atoms with Gasteiger partial charge in [-0.05, 0) is 37.5 Å². The predicted molar refractivity (Wildman–Crippen MR) is 84.3 cm³/mol. The number of aryl methyl sites for hydroxylation is 1. The number of benzene rings is 1. The average Bonchev–Trinajstić information content (AvgIpc) is 2.47. The molecule has 1 aliphatic carbocycles. The molecule has 0 radical (unpaired) electrons. The Morgan fingerprint density at radius 1 is 1.27 bits per heavy atom. The molecule has 6 nitrogen and oxygen atoms in total. The molecule has 1 fully saturated rings. The van der Waals surface area contributed by atoms with E-state index in [1.165, 1.54) is 19.3 Å². The largest absolute Gasteiger partial charge is 0.479 e. The molecule has 1 aromatic carbocycles. The zero-order chi connectivity index (χ0) is 15.5. The van der Waals surface area contributed by atoms with E-state index in [0.717, 1.165) is 18.4 Å². The number of hydrogen-bond donors (Lipinski definition) is 3. The van der Waals surface area contributed by atoms with Crippen LogP contribution in [0.2, 0.25) is 0 Å². The normalized spacial score (nSPS) is 18.0. The molecule has 0 spiro atoms. The van der Waals surface area contributed by atoms with Gasteiger partial charge in [-0.15, -0.1) is 0 Å². The van der Waals surface area contributed by atoms with Crippen LogP contribution in [0.1, 0.15) is 37.7 Å². The summed E-state index contributed by atoms with van der Waals surface area (Å²) in [6.45, 7) is 1.88. The highest BCUT2D eigenvalue weighted by Gasteiger charge is 2.22. The average molecular weight is 303 g/mol. The molecular weight excluding hydrogens is 282 g/mol. The second kappa shape index (κ2) is 6.25. The molecule has 0 aromatic heterocycles. The summed E-state index contributed by atoms with van der Waals surface area (Å²) in [4.78, 5) is 23.6. The van der Waals surface area contributed by atoms with E-state index in [1.54, 1.807) is 0 Å². The molecule has 2 aliphatic rings. The maximum absolute atomic E-state index is 12.2. The van der Waals surface area contributed by atoms with Crippen LogP contribution in [0.4, 0.5) is 16.2 Å². The highest BCUT2D eigenvalue weighted by atomic mass is 16.5. The number of hydrogen-bond acceptors (Lipinski definition) is 3.